The molecule has 0 bridgehead atoms. The van der Waals surface area contributed by atoms with Gasteiger partial charge in [0.1, 0.15) is 6.61 Å². The number of aromatic nitrogens is 1. The van der Waals surface area contributed by atoms with Crippen molar-refractivity contribution >= 4 is 22.6 Å². The van der Waals surface area contributed by atoms with Gasteiger partial charge in [0, 0.05) is 22.4 Å². The van der Waals surface area contributed by atoms with Gasteiger partial charge < -0.3 is 4.74 Å². The van der Waals surface area contributed by atoms with Gasteiger partial charge in [0.15, 0.2) is 0 Å². The fourth-order valence-corrected chi connectivity index (χ4v) is 2.05. The van der Waals surface area contributed by atoms with Gasteiger partial charge in [-0.3, -0.25) is 4.90 Å². The normalized spacial score (nSPS) is 16.9. The summed E-state index contributed by atoms with van der Waals surface area (Å²) in [7, 11) is 0. The molecule has 0 amide bonds. The minimum atomic E-state index is 0.731. The summed E-state index contributed by atoms with van der Waals surface area (Å²) in [6, 6.07) is 3.94. The predicted octanol–water partition coefficient (Wildman–Crippen LogP) is 2.16. The first-order valence-electron chi connectivity index (χ1n) is 5.31. The van der Waals surface area contributed by atoms with E-state index in [0.29, 0.717) is 0 Å². The van der Waals surface area contributed by atoms with Crippen molar-refractivity contribution in [3.05, 3.63) is 21.9 Å². The quantitative estimate of drug-likeness (QED) is 0.796. The topological polar surface area (TPSA) is 25.4 Å². The molecule has 0 spiro atoms. The highest BCUT2D eigenvalue weighted by Gasteiger charge is 2.10. The van der Waals surface area contributed by atoms with Gasteiger partial charge in [-0.25, -0.2) is 4.98 Å². The van der Waals surface area contributed by atoms with Crippen molar-refractivity contribution in [1.82, 2.24) is 9.88 Å². The first kappa shape index (κ1) is 11.1. The van der Waals surface area contributed by atoms with Crippen molar-refractivity contribution in [3.63, 3.8) is 0 Å². The molecule has 0 atom stereocenters. The lowest BCUT2D eigenvalue weighted by Crippen LogP contribution is -2.25. The fraction of sp³-hybridized carbons (Fsp3) is 0.545. The predicted molar refractivity (Wildman–Crippen MR) is 68.1 cm³/mol. The molecule has 0 N–H and O–H groups in total. The highest BCUT2D eigenvalue weighted by Crippen LogP contribution is 2.10. The number of likely N-dealkylation sites (tertiary alicyclic amines) is 1. The Bertz CT molecular complexity index is 296. The Kier molecular flexibility index (Phi) is 4.19. The summed E-state index contributed by atoms with van der Waals surface area (Å²) in [5.74, 6) is 0.731. The molecule has 1 aromatic heterocycles. The maximum atomic E-state index is 5.57. The third-order valence-corrected chi connectivity index (χ3v) is 3.19. The van der Waals surface area contributed by atoms with Crippen molar-refractivity contribution in [2.45, 2.75) is 12.8 Å². The number of rotatable bonds is 4. The van der Waals surface area contributed by atoms with Crippen LogP contribution in [0.1, 0.15) is 12.8 Å². The second-order valence-corrected chi connectivity index (χ2v) is 4.96. The smallest absolute Gasteiger partial charge is 0.213 e. The molecule has 2 heterocycles. The standard InChI is InChI=1S/C11H15IN2O/c12-10-3-4-11(13-9-10)15-8-7-14-5-1-2-6-14/h3-4,9H,1-2,5-8H2. The molecular weight excluding hydrogens is 303 g/mol. The zero-order chi connectivity index (χ0) is 10.5. The van der Waals surface area contributed by atoms with Crippen LogP contribution in [0.25, 0.3) is 0 Å². The summed E-state index contributed by atoms with van der Waals surface area (Å²) in [6.07, 6.45) is 4.50. The Hall–Kier alpha value is -0.360. The van der Waals surface area contributed by atoms with E-state index in [1.807, 2.05) is 18.3 Å². The Balaban J connectivity index is 1.71. The molecule has 4 heteroatoms. The number of halogens is 1. The first-order valence-corrected chi connectivity index (χ1v) is 6.39. The lowest BCUT2D eigenvalue weighted by atomic mass is 10.4. The Labute approximate surface area is 104 Å². The lowest BCUT2D eigenvalue weighted by Gasteiger charge is -2.14. The average Bonchev–Trinajstić information content (AvgIpc) is 2.74. The molecule has 1 fully saturated rings. The Morgan fingerprint density at radius 1 is 1.33 bits per heavy atom. The highest BCUT2D eigenvalue weighted by molar-refractivity contribution is 14.1. The number of nitrogens with zero attached hydrogens (tertiary/aromatic N) is 2. The molecule has 15 heavy (non-hydrogen) atoms. The van der Waals surface area contributed by atoms with Crippen LogP contribution in [-0.2, 0) is 0 Å². The van der Waals surface area contributed by atoms with E-state index < -0.39 is 0 Å². The van der Waals surface area contributed by atoms with Crippen LogP contribution < -0.4 is 4.74 Å². The third kappa shape index (κ3) is 3.61. The van der Waals surface area contributed by atoms with Crippen LogP contribution in [0.4, 0.5) is 0 Å². The molecule has 1 aromatic rings. The highest BCUT2D eigenvalue weighted by atomic mass is 127. The van der Waals surface area contributed by atoms with E-state index in [-0.39, 0.29) is 0 Å². The summed E-state index contributed by atoms with van der Waals surface area (Å²) in [4.78, 5) is 6.63. The van der Waals surface area contributed by atoms with Crippen LogP contribution in [0.2, 0.25) is 0 Å². The van der Waals surface area contributed by atoms with E-state index >= 15 is 0 Å². The van der Waals surface area contributed by atoms with Crippen molar-refractivity contribution in [2.24, 2.45) is 0 Å². The second-order valence-electron chi connectivity index (χ2n) is 3.71. The van der Waals surface area contributed by atoms with E-state index in [2.05, 4.69) is 32.5 Å². The summed E-state index contributed by atoms with van der Waals surface area (Å²) in [6.45, 7) is 4.22. The van der Waals surface area contributed by atoms with Crippen LogP contribution in [0, 0.1) is 3.57 Å². The van der Waals surface area contributed by atoms with Gasteiger partial charge in [0.25, 0.3) is 0 Å². The van der Waals surface area contributed by atoms with E-state index in [1.54, 1.807) is 0 Å². The molecule has 1 aliphatic rings. The van der Waals surface area contributed by atoms with Crippen molar-refractivity contribution < 1.29 is 4.74 Å². The van der Waals surface area contributed by atoms with Gasteiger partial charge in [-0.2, -0.15) is 0 Å². The minimum Gasteiger partial charge on any atom is -0.476 e. The number of ether oxygens (including phenoxy) is 1. The number of pyridine rings is 1. The Morgan fingerprint density at radius 3 is 2.80 bits per heavy atom. The molecule has 0 aromatic carbocycles. The van der Waals surface area contributed by atoms with Crippen molar-refractivity contribution in [1.29, 1.82) is 0 Å². The van der Waals surface area contributed by atoms with E-state index in [9.17, 15) is 0 Å². The van der Waals surface area contributed by atoms with Crippen molar-refractivity contribution in [3.8, 4) is 5.88 Å². The SMILES string of the molecule is Ic1ccc(OCCN2CCCC2)nc1. The monoisotopic (exact) mass is 318 g/mol. The molecule has 2 rings (SSSR count). The van der Waals surface area contributed by atoms with Gasteiger partial charge in [-0.05, 0) is 54.6 Å². The molecule has 82 valence electrons. The van der Waals surface area contributed by atoms with Gasteiger partial charge in [-0.1, -0.05) is 0 Å². The molecule has 0 aliphatic carbocycles. The molecule has 0 unspecified atom stereocenters. The van der Waals surface area contributed by atoms with Gasteiger partial charge >= 0.3 is 0 Å². The van der Waals surface area contributed by atoms with Crippen LogP contribution in [0.15, 0.2) is 18.3 Å². The maximum absolute atomic E-state index is 5.57. The number of hydrogen-bond acceptors (Lipinski definition) is 3. The fourth-order valence-electron chi connectivity index (χ4n) is 1.73. The summed E-state index contributed by atoms with van der Waals surface area (Å²) in [5.41, 5.74) is 0. The lowest BCUT2D eigenvalue weighted by molar-refractivity contribution is 0.232. The van der Waals surface area contributed by atoms with E-state index in [4.69, 9.17) is 4.74 Å². The average molecular weight is 318 g/mol. The van der Waals surface area contributed by atoms with Gasteiger partial charge in [0.2, 0.25) is 5.88 Å². The van der Waals surface area contributed by atoms with Crippen molar-refractivity contribution in [2.75, 3.05) is 26.2 Å². The van der Waals surface area contributed by atoms with Crippen LogP contribution in [0.5, 0.6) is 5.88 Å². The largest absolute Gasteiger partial charge is 0.476 e. The zero-order valence-corrected chi connectivity index (χ0v) is 10.8. The van der Waals surface area contributed by atoms with Gasteiger partial charge in [0.05, 0.1) is 0 Å². The molecule has 3 nitrogen and oxygen atoms in total. The maximum Gasteiger partial charge on any atom is 0.213 e. The molecule has 1 aliphatic heterocycles. The third-order valence-electron chi connectivity index (χ3n) is 2.56. The molecular formula is C11H15IN2O. The van der Waals surface area contributed by atoms with Crippen LogP contribution in [-0.4, -0.2) is 36.1 Å². The van der Waals surface area contributed by atoms with Gasteiger partial charge in [-0.15, -0.1) is 0 Å². The summed E-state index contributed by atoms with van der Waals surface area (Å²) < 4.78 is 6.71. The molecule has 0 radical (unpaired) electrons. The zero-order valence-electron chi connectivity index (χ0n) is 8.66. The van der Waals surface area contributed by atoms with E-state index in [1.165, 1.54) is 25.9 Å². The van der Waals surface area contributed by atoms with E-state index in [0.717, 1.165) is 22.6 Å². The molecule has 0 saturated carbocycles. The molecule has 1 saturated heterocycles. The second kappa shape index (κ2) is 5.65. The Morgan fingerprint density at radius 2 is 2.13 bits per heavy atom. The first-order chi connectivity index (χ1) is 7.34. The minimum absolute atomic E-state index is 0.731. The summed E-state index contributed by atoms with van der Waals surface area (Å²) in [5, 5.41) is 0. The van der Waals surface area contributed by atoms with Crippen LogP contribution in [0.3, 0.4) is 0 Å². The summed E-state index contributed by atoms with van der Waals surface area (Å²) >= 11 is 2.24. The van der Waals surface area contributed by atoms with Crippen LogP contribution >= 0.6 is 22.6 Å². The number of hydrogen-bond donors (Lipinski definition) is 0.